The van der Waals surface area contributed by atoms with Gasteiger partial charge in [0.25, 0.3) is 5.91 Å². The predicted molar refractivity (Wildman–Crippen MR) is 93.2 cm³/mol. The van der Waals surface area contributed by atoms with Crippen LogP contribution in [-0.2, 0) is 4.79 Å². The van der Waals surface area contributed by atoms with Gasteiger partial charge >= 0.3 is 5.69 Å². The van der Waals surface area contributed by atoms with Crippen LogP contribution < -0.4 is 10.2 Å². The van der Waals surface area contributed by atoms with Gasteiger partial charge in [-0.3, -0.25) is 25.0 Å². The summed E-state index contributed by atoms with van der Waals surface area (Å²) in [6, 6.07) is 7.72. The van der Waals surface area contributed by atoms with E-state index in [9.17, 15) is 25.3 Å². The quantitative estimate of drug-likeness (QED) is 0.366. The number of rotatable bonds is 5. The molecule has 2 rings (SSSR count). The SMILES string of the molecule is COc1cc(/C=C(/C#N)C(=O)Nn2c(C)ccc2C)cc([N+](=O)[O-])c1O. The number of aromatic nitrogens is 1. The summed E-state index contributed by atoms with van der Waals surface area (Å²) in [4.78, 5) is 22.6. The summed E-state index contributed by atoms with van der Waals surface area (Å²) in [5.74, 6) is -1.44. The van der Waals surface area contributed by atoms with Crippen LogP contribution >= 0.6 is 0 Å². The molecular weight excluding hydrogens is 340 g/mol. The molecule has 9 heteroatoms. The molecule has 0 fully saturated rings. The van der Waals surface area contributed by atoms with Crippen molar-refractivity contribution in [1.82, 2.24) is 4.68 Å². The molecule has 9 nitrogen and oxygen atoms in total. The third-order valence-corrected chi connectivity index (χ3v) is 3.65. The zero-order valence-corrected chi connectivity index (χ0v) is 14.3. The van der Waals surface area contributed by atoms with Gasteiger partial charge < -0.3 is 9.84 Å². The highest BCUT2D eigenvalue weighted by molar-refractivity contribution is 6.06. The first-order valence-corrected chi connectivity index (χ1v) is 7.42. The maximum Gasteiger partial charge on any atom is 0.315 e. The van der Waals surface area contributed by atoms with Crippen molar-refractivity contribution >= 4 is 17.7 Å². The van der Waals surface area contributed by atoms with Gasteiger partial charge in [0.15, 0.2) is 5.75 Å². The number of nitro benzene ring substituents is 1. The first kappa shape index (κ1) is 18.5. The van der Waals surface area contributed by atoms with Gasteiger partial charge in [0.2, 0.25) is 5.75 Å². The van der Waals surface area contributed by atoms with Crippen LogP contribution in [0.5, 0.6) is 11.5 Å². The average Bonchev–Trinajstić information content (AvgIpc) is 2.92. The van der Waals surface area contributed by atoms with E-state index in [1.807, 2.05) is 0 Å². The van der Waals surface area contributed by atoms with Crippen LogP contribution in [-0.4, -0.2) is 27.7 Å². The van der Waals surface area contributed by atoms with Crippen molar-refractivity contribution < 1.29 is 19.6 Å². The molecular formula is C17H16N4O5. The van der Waals surface area contributed by atoms with Crippen molar-refractivity contribution in [2.45, 2.75) is 13.8 Å². The van der Waals surface area contributed by atoms with Gasteiger partial charge in [-0.2, -0.15) is 5.26 Å². The summed E-state index contributed by atoms with van der Waals surface area (Å²) in [6.45, 7) is 3.58. The molecule has 1 aromatic carbocycles. The molecule has 0 saturated heterocycles. The van der Waals surface area contributed by atoms with E-state index in [0.29, 0.717) is 0 Å². The van der Waals surface area contributed by atoms with Crippen LogP contribution in [0.15, 0.2) is 29.8 Å². The van der Waals surface area contributed by atoms with Crippen LogP contribution in [0.1, 0.15) is 17.0 Å². The fraction of sp³-hybridized carbons (Fsp3) is 0.176. The number of nitrogens with zero attached hydrogens (tertiary/aromatic N) is 3. The number of aryl methyl sites for hydroxylation is 2. The summed E-state index contributed by atoms with van der Waals surface area (Å²) in [7, 11) is 1.24. The number of benzene rings is 1. The summed E-state index contributed by atoms with van der Waals surface area (Å²) in [5, 5.41) is 30.1. The van der Waals surface area contributed by atoms with Crippen LogP contribution in [0.2, 0.25) is 0 Å². The van der Waals surface area contributed by atoms with Gasteiger partial charge in [-0.25, -0.2) is 0 Å². The fourth-order valence-corrected chi connectivity index (χ4v) is 2.31. The van der Waals surface area contributed by atoms with Crippen molar-refractivity contribution in [3.63, 3.8) is 0 Å². The minimum Gasteiger partial charge on any atom is -0.500 e. The van der Waals surface area contributed by atoms with Crippen molar-refractivity contribution in [3.05, 3.63) is 56.9 Å². The van der Waals surface area contributed by atoms with Crippen molar-refractivity contribution in [2.75, 3.05) is 12.5 Å². The second kappa shape index (κ2) is 7.40. The fourth-order valence-electron chi connectivity index (χ4n) is 2.31. The Balaban J connectivity index is 2.42. The number of carbonyl (C=O) groups excluding carboxylic acids is 1. The molecule has 0 radical (unpaired) electrons. The standard InChI is InChI=1S/C17H16N4O5/c1-10-4-5-11(2)20(10)19-17(23)13(9-18)6-12-7-14(21(24)25)16(22)15(8-12)26-3/h4-8,22H,1-3H3,(H,19,23)/b13-6-. The number of nitriles is 1. The minimum atomic E-state index is -0.784. The van der Waals surface area contributed by atoms with E-state index in [2.05, 4.69) is 5.43 Å². The molecule has 2 N–H and O–H groups in total. The number of carbonyl (C=O) groups is 1. The third kappa shape index (κ3) is 3.64. The van der Waals surface area contributed by atoms with E-state index >= 15 is 0 Å². The van der Waals surface area contributed by atoms with Gasteiger partial charge in [-0.1, -0.05) is 0 Å². The molecule has 1 amide bonds. The number of hydrogen-bond acceptors (Lipinski definition) is 6. The summed E-state index contributed by atoms with van der Waals surface area (Å²) in [6.07, 6.45) is 1.18. The number of phenols is 1. The van der Waals surface area contributed by atoms with E-state index in [1.165, 1.54) is 23.9 Å². The number of methoxy groups -OCH3 is 1. The smallest absolute Gasteiger partial charge is 0.315 e. The molecule has 0 bridgehead atoms. The Bertz CT molecular complexity index is 933. The number of aromatic hydroxyl groups is 1. The van der Waals surface area contributed by atoms with Crippen LogP contribution in [0.4, 0.5) is 5.69 Å². The van der Waals surface area contributed by atoms with E-state index in [1.54, 1.807) is 32.0 Å². The predicted octanol–water partition coefficient (Wildman–Crippen LogP) is 2.40. The topological polar surface area (TPSA) is 130 Å². The Morgan fingerprint density at radius 3 is 2.50 bits per heavy atom. The molecule has 1 aromatic heterocycles. The van der Waals surface area contributed by atoms with Crippen molar-refractivity contribution in [2.24, 2.45) is 0 Å². The average molecular weight is 356 g/mol. The molecule has 0 aliphatic carbocycles. The molecule has 134 valence electrons. The number of nitro groups is 1. The van der Waals surface area contributed by atoms with E-state index in [4.69, 9.17) is 4.74 Å². The molecule has 0 saturated carbocycles. The Labute approximate surface area is 148 Å². The molecule has 1 heterocycles. The summed E-state index contributed by atoms with van der Waals surface area (Å²) < 4.78 is 6.42. The third-order valence-electron chi connectivity index (χ3n) is 3.65. The second-order valence-electron chi connectivity index (χ2n) is 5.41. The molecule has 0 aliphatic rings. The molecule has 0 aliphatic heterocycles. The monoisotopic (exact) mass is 356 g/mol. The lowest BCUT2D eigenvalue weighted by molar-refractivity contribution is -0.386. The Morgan fingerprint density at radius 1 is 1.38 bits per heavy atom. The lowest BCUT2D eigenvalue weighted by Crippen LogP contribution is -2.25. The summed E-state index contributed by atoms with van der Waals surface area (Å²) >= 11 is 0. The van der Waals surface area contributed by atoms with Gasteiger partial charge in [0.1, 0.15) is 11.6 Å². The van der Waals surface area contributed by atoms with Crippen LogP contribution in [0, 0.1) is 35.3 Å². The molecule has 0 atom stereocenters. The molecule has 2 aromatic rings. The maximum atomic E-state index is 12.4. The number of nitrogens with one attached hydrogen (secondary N) is 1. The van der Waals surface area contributed by atoms with E-state index in [0.717, 1.165) is 17.5 Å². The Morgan fingerprint density at radius 2 is 2.00 bits per heavy atom. The van der Waals surface area contributed by atoms with E-state index in [-0.39, 0.29) is 16.9 Å². The minimum absolute atomic E-state index is 0.139. The largest absolute Gasteiger partial charge is 0.500 e. The van der Waals surface area contributed by atoms with Crippen molar-refractivity contribution in [1.29, 1.82) is 5.26 Å². The molecule has 26 heavy (non-hydrogen) atoms. The number of ether oxygens (including phenoxy) is 1. The number of phenolic OH excluding ortho intramolecular Hbond substituents is 1. The maximum absolute atomic E-state index is 12.4. The first-order valence-electron chi connectivity index (χ1n) is 7.42. The lowest BCUT2D eigenvalue weighted by Gasteiger charge is -2.10. The van der Waals surface area contributed by atoms with Gasteiger partial charge in [0, 0.05) is 17.5 Å². The lowest BCUT2D eigenvalue weighted by atomic mass is 10.1. The molecule has 0 unspecified atom stereocenters. The van der Waals surface area contributed by atoms with Gasteiger partial charge in [-0.15, -0.1) is 0 Å². The highest BCUT2D eigenvalue weighted by Gasteiger charge is 2.20. The highest BCUT2D eigenvalue weighted by atomic mass is 16.6. The first-order chi connectivity index (χ1) is 12.3. The normalized spacial score (nSPS) is 10.9. The number of amides is 1. The van der Waals surface area contributed by atoms with Crippen LogP contribution in [0.3, 0.4) is 0 Å². The van der Waals surface area contributed by atoms with Gasteiger partial charge in [0.05, 0.1) is 12.0 Å². The second-order valence-corrected chi connectivity index (χ2v) is 5.41. The van der Waals surface area contributed by atoms with Crippen molar-refractivity contribution in [3.8, 4) is 17.6 Å². The van der Waals surface area contributed by atoms with E-state index < -0.39 is 22.3 Å². The highest BCUT2D eigenvalue weighted by Crippen LogP contribution is 2.37. The Hall–Kier alpha value is -3.80. The number of hydrogen-bond donors (Lipinski definition) is 2. The Kier molecular flexibility index (Phi) is 5.27. The summed E-state index contributed by atoms with van der Waals surface area (Å²) in [5.41, 5.74) is 3.44. The van der Waals surface area contributed by atoms with Crippen LogP contribution in [0.25, 0.3) is 6.08 Å². The zero-order valence-electron chi connectivity index (χ0n) is 14.3. The van der Waals surface area contributed by atoms with Gasteiger partial charge in [-0.05, 0) is 43.7 Å². The molecule has 0 spiro atoms. The zero-order chi connectivity index (χ0) is 19.4.